The maximum Gasteiger partial charge on any atom is 0.258 e. The monoisotopic (exact) mass is 328 g/mol. The summed E-state index contributed by atoms with van der Waals surface area (Å²) >= 11 is 0. The number of nitrogens with zero attached hydrogens (tertiary/aromatic N) is 4. The van der Waals surface area contributed by atoms with Crippen LogP contribution in [0, 0.1) is 30.1 Å². The van der Waals surface area contributed by atoms with Gasteiger partial charge in [-0.1, -0.05) is 0 Å². The van der Waals surface area contributed by atoms with Crippen LogP contribution in [-0.4, -0.2) is 20.5 Å². The third-order valence-corrected chi connectivity index (χ3v) is 5.00. The molecule has 0 bridgehead atoms. The normalized spacial score (nSPS) is 26.7. The fourth-order valence-corrected chi connectivity index (χ4v) is 3.76. The quantitative estimate of drug-likeness (QED) is 0.849. The molecule has 7 heteroatoms. The van der Waals surface area contributed by atoms with E-state index in [2.05, 4.69) is 9.97 Å². The number of hydrogen-bond donors (Lipinski definition) is 0. The minimum atomic E-state index is -2.55. The topological polar surface area (TPSA) is 71.6 Å². The second-order valence-electron chi connectivity index (χ2n) is 6.50. The molecule has 2 unspecified atom stereocenters. The standard InChI is InChI=1S/C17H14F2N4O/c1-9-4-15(24)23(12-3-2-11(7-20)21-8-12)16(22-9)10-5-13-14(6-10)17(13,18)19/h2-4,8,10,13-14H,5-6H2,1H3. The number of aryl methyl sites for hydroxylation is 1. The van der Waals surface area contributed by atoms with Gasteiger partial charge in [-0.3, -0.25) is 9.36 Å². The Morgan fingerprint density at radius 2 is 2.04 bits per heavy atom. The second-order valence-corrected chi connectivity index (χ2v) is 6.50. The zero-order valence-electron chi connectivity index (χ0n) is 12.9. The summed E-state index contributed by atoms with van der Waals surface area (Å²) < 4.78 is 28.4. The van der Waals surface area contributed by atoms with E-state index in [0.717, 1.165) is 0 Å². The number of nitriles is 1. The fraction of sp³-hybridized carbons (Fsp3) is 0.412. The highest BCUT2D eigenvalue weighted by atomic mass is 19.3. The molecule has 122 valence electrons. The highest BCUT2D eigenvalue weighted by Gasteiger charge is 2.71. The van der Waals surface area contributed by atoms with Crippen LogP contribution in [0.3, 0.4) is 0 Å². The van der Waals surface area contributed by atoms with Crippen LogP contribution >= 0.6 is 0 Å². The second kappa shape index (κ2) is 4.94. The first kappa shape index (κ1) is 14.9. The van der Waals surface area contributed by atoms with E-state index in [1.165, 1.54) is 22.9 Å². The van der Waals surface area contributed by atoms with E-state index >= 15 is 0 Å². The Morgan fingerprint density at radius 3 is 2.62 bits per heavy atom. The van der Waals surface area contributed by atoms with Crippen LogP contribution in [0.4, 0.5) is 8.78 Å². The van der Waals surface area contributed by atoms with Gasteiger partial charge in [0.05, 0.1) is 11.9 Å². The van der Waals surface area contributed by atoms with Crippen molar-refractivity contribution >= 4 is 0 Å². The number of alkyl halides is 2. The van der Waals surface area contributed by atoms with Gasteiger partial charge in [-0.25, -0.2) is 18.7 Å². The molecule has 0 amide bonds. The Kier molecular flexibility index (Phi) is 3.07. The smallest absolute Gasteiger partial charge is 0.258 e. The first-order valence-corrected chi connectivity index (χ1v) is 7.76. The van der Waals surface area contributed by atoms with Gasteiger partial charge in [-0.2, -0.15) is 5.26 Å². The third kappa shape index (κ3) is 2.13. The highest BCUT2D eigenvalue weighted by molar-refractivity contribution is 5.36. The van der Waals surface area contributed by atoms with Crippen molar-refractivity contribution in [3.8, 4) is 11.8 Å². The van der Waals surface area contributed by atoms with E-state index in [4.69, 9.17) is 5.26 Å². The molecule has 2 aromatic heterocycles. The van der Waals surface area contributed by atoms with Gasteiger partial charge in [0.15, 0.2) is 0 Å². The highest BCUT2D eigenvalue weighted by Crippen LogP contribution is 2.67. The molecule has 0 radical (unpaired) electrons. The van der Waals surface area contributed by atoms with Gasteiger partial charge in [0.2, 0.25) is 0 Å². The van der Waals surface area contributed by atoms with Crippen LogP contribution in [0.2, 0.25) is 0 Å². The van der Waals surface area contributed by atoms with E-state index in [1.807, 2.05) is 6.07 Å². The molecule has 2 heterocycles. The van der Waals surface area contributed by atoms with E-state index in [1.54, 1.807) is 13.0 Å². The van der Waals surface area contributed by atoms with Gasteiger partial charge >= 0.3 is 0 Å². The Bertz CT molecular complexity index is 900. The Hall–Kier alpha value is -2.62. The molecule has 2 aromatic rings. The zero-order valence-corrected chi connectivity index (χ0v) is 12.9. The predicted molar refractivity (Wildman–Crippen MR) is 81.0 cm³/mol. The zero-order chi connectivity index (χ0) is 17.1. The molecule has 2 aliphatic rings. The summed E-state index contributed by atoms with van der Waals surface area (Å²) in [7, 11) is 0. The van der Waals surface area contributed by atoms with Crippen LogP contribution in [0.25, 0.3) is 5.69 Å². The number of halogens is 2. The molecular formula is C17H14F2N4O. The molecule has 0 aromatic carbocycles. The first-order valence-electron chi connectivity index (χ1n) is 7.76. The van der Waals surface area contributed by atoms with Crippen molar-refractivity contribution in [3.63, 3.8) is 0 Å². The maximum absolute atomic E-state index is 13.5. The van der Waals surface area contributed by atoms with Crippen molar-refractivity contribution in [3.05, 3.63) is 52.0 Å². The van der Waals surface area contributed by atoms with Crippen molar-refractivity contribution < 1.29 is 8.78 Å². The number of rotatable bonds is 2. The molecule has 2 atom stereocenters. The largest absolute Gasteiger partial charge is 0.269 e. The summed E-state index contributed by atoms with van der Waals surface area (Å²) in [6, 6.07) is 6.47. The van der Waals surface area contributed by atoms with Crippen molar-refractivity contribution in [2.24, 2.45) is 11.8 Å². The van der Waals surface area contributed by atoms with Gasteiger partial charge < -0.3 is 0 Å². The van der Waals surface area contributed by atoms with E-state index in [9.17, 15) is 13.6 Å². The minimum Gasteiger partial charge on any atom is -0.269 e. The molecule has 5 nitrogen and oxygen atoms in total. The van der Waals surface area contributed by atoms with Gasteiger partial charge in [0, 0.05) is 29.5 Å². The third-order valence-electron chi connectivity index (χ3n) is 5.00. The lowest BCUT2D eigenvalue weighted by atomic mass is 10.0. The lowest BCUT2D eigenvalue weighted by Crippen LogP contribution is -2.26. The molecule has 0 N–H and O–H groups in total. The summed E-state index contributed by atoms with van der Waals surface area (Å²) in [5, 5.41) is 8.84. The Morgan fingerprint density at radius 1 is 1.33 bits per heavy atom. The maximum atomic E-state index is 13.5. The summed E-state index contributed by atoms with van der Waals surface area (Å²) in [6.07, 6.45) is 2.12. The van der Waals surface area contributed by atoms with Gasteiger partial charge in [-0.05, 0) is 31.9 Å². The van der Waals surface area contributed by atoms with Crippen molar-refractivity contribution in [2.75, 3.05) is 0 Å². The molecular weight excluding hydrogens is 314 g/mol. The molecule has 4 rings (SSSR count). The van der Waals surface area contributed by atoms with Gasteiger partial charge in [0.1, 0.15) is 17.6 Å². The number of aromatic nitrogens is 3. The molecule has 0 spiro atoms. The number of fused-ring (bicyclic) bond motifs is 1. The summed E-state index contributed by atoms with van der Waals surface area (Å²) in [6.45, 7) is 1.72. The lowest BCUT2D eigenvalue weighted by Gasteiger charge is -2.19. The number of hydrogen-bond acceptors (Lipinski definition) is 4. The van der Waals surface area contributed by atoms with Gasteiger partial charge in [0.25, 0.3) is 11.5 Å². The Balaban J connectivity index is 1.77. The van der Waals surface area contributed by atoms with Gasteiger partial charge in [-0.15, -0.1) is 0 Å². The fourth-order valence-electron chi connectivity index (χ4n) is 3.76. The summed E-state index contributed by atoms with van der Waals surface area (Å²) in [5.41, 5.74) is 1.04. The molecule has 0 aliphatic heterocycles. The lowest BCUT2D eigenvalue weighted by molar-refractivity contribution is 0.0689. The van der Waals surface area contributed by atoms with Crippen molar-refractivity contribution in [1.29, 1.82) is 5.26 Å². The average Bonchev–Trinajstić information content (AvgIpc) is 2.91. The van der Waals surface area contributed by atoms with E-state index < -0.39 is 17.8 Å². The SMILES string of the molecule is Cc1cc(=O)n(-c2ccc(C#N)nc2)c(C2CC3C(C2)C3(F)F)n1. The van der Waals surface area contributed by atoms with Crippen molar-refractivity contribution in [1.82, 2.24) is 14.5 Å². The minimum absolute atomic E-state index is 0.164. The van der Waals surface area contributed by atoms with E-state index in [0.29, 0.717) is 30.0 Å². The van der Waals surface area contributed by atoms with Crippen LogP contribution < -0.4 is 5.56 Å². The van der Waals surface area contributed by atoms with Crippen molar-refractivity contribution in [2.45, 2.75) is 31.6 Å². The molecule has 24 heavy (non-hydrogen) atoms. The van der Waals surface area contributed by atoms with Crippen LogP contribution in [-0.2, 0) is 0 Å². The van der Waals surface area contributed by atoms with Crippen LogP contribution in [0.15, 0.2) is 29.2 Å². The van der Waals surface area contributed by atoms with E-state index in [-0.39, 0.29) is 17.2 Å². The Labute approximate surface area is 136 Å². The predicted octanol–water partition coefficient (Wildman–Crippen LogP) is 2.57. The molecule has 2 saturated carbocycles. The average molecular weight is 328 g/mol. The molecule has 2 aliphatic carbocycles. The summed E-state index contributed by atoms with van der Waals surface area (Å²) in [5.74, 6) is -3.39. The molecule has 0 saturated heterocycles. The van der Waals surface area contributed by atoms with Crippen LogP contribution in [0.1, 0.15) is 36.0 Å². The molecule has 2 fully saturated rings. The van der Waals surface area contributed by atoms with Crippen LogP contribution in [0.5, 0.6) is 0 Å². The number of pyridine rings is 1. The first-order chi connectivity index (χ1) is 11.4. The summed E-state index contributed by atoms with van der Waals surface area (Å²) in [4.78, 5) is 20.9.